The number of anilines is 1. The van der Waals surface area contributed by atoms with E-state index in [2.05, 4.69) is 4.98 Å². The van der Waals surface area contributed by atoms with E-state index in [9.17, 15) is 10.2 Å². The maximum atomic E-state index is 10.5. The molecule has 0 spiro atoms. The number of pyridine rings is 1. The fourth-order valence-corrected chi connectivity index (χ4v) is 2.32. The van der Waals surface area contributed by atoms with Gasteiger partial charge in [-0.1, -0.05) is 6.07 Å². The highest BCUT2D eigenvalue weighted by atomic mass is 16.5. The molecule has 0 atom stereocenters. The van der Waals surface area contributed by atoms with Crippen LogP contribution in [0.15, 0.2) is 18.3 Å². The summed E-state index contributed by atoms with van der Waals surface area (Å²) in [5, 5.41) is 19.7. The normalized spacial score (nSPS) is 18.6. The predicted octanol–water partition coefficient (Wildman–Crippen LogP) is 0.552. The Kier molecular flexibility index (Phi) is 4.16. The van der Waals surface area contributed by atoms with E-state index in [0.29, 0.717) is 32.6 Å². The maximum absolute atomic E-state index is 10.5. The smallest absolute Gasteiger partial charge is 0.133 e. The molecule has 2 rings (SSSR count). The summed E-state index contributed by atoms with van der Waals surface area (Å²) in [4.78, 5) is 6.17. The standard InChI is InChI=1S/C13H20N2O3/c1-15(10-13(17)4-7-18-8-5-13)12-11(9-16)3-2-6-14-12/h2-3,6,16-17H,4-5,7-10H2,1H3. The summed E-state index contributed by atoms with van der Waals surface area (Å²) >= 11 is 0. The van der Waals surface area contributed by atoms with Gasteiger partial charge in [0.25, 0.3) is 0 Å². The summed E-state index contributed by atoms with van der Waals surface area (Å²) in [6, 6.07) is 3.64. The molecule has 5 heteroatoms. The lowest BCUT2D eigenvalue weighted by Gasteiger charge is -2.36. The molecule has 1 aliphatic rings. The lowest BCUT2D eigenvalue weighted by Crippen LogP contribution is -2.46. The van der Waals surface area contributed by atoms with Crippen LogP contribution in [0.25, 0.3) is 0 Å². The van der Waals surface area contributed by atoms with Gasteiger partial charge in [0.2, 0.25) is 0 Å². The monoisotopic (exact) mass is 252 g/mol. The van der Waals surface area contributed by atoms with Gasteiger partial charge in [0.15, 0.2) is 0 Å². The van der Waals surface area contributed by atoms with Crippen molar-refractivity contribution in [3.63, 3.8) is 0 Å². The van der Waals surface area contributed by atoms with E-state index in [0.717, 1.165) is 11.4 Å². The first-order chi connectivity index (χ1) is 8.64. The number of rotatable bonds is 4. The average molecular weight is 252 g/mol. The van der Waals surface area contributed by atoms with Gasteiger partial charge in [0.05, 0.1) is 12.2 Å². The zero-order chi connectivity index (χ0) is 13.0. The lowest BCUT2D eigenvalue weighted by atomic mass is 9.94. The van der Waals surface area contributed by atoms with Crippen molar-refractivity contribution in [2.75, 3.05) is 31.7 Å². The Morgan fingerprint density at radius 2 is 2.17 bits per heavy atom. The summed E-state index contributed by atoms with van der Waals surface area (Å²) in [6.07, 6.45) is 2.97. The van der Waals surface area contributed by atoms with Gasteiger partial charge >= 0.3 is 0 Å². The van der Waals surface area contributed by atoms with Crippen LogP contribution >= 0.6 is 0 Å². The maximum Gasteiger partial charge on any atom is 0.133 e. The van der Waals surface area contributed by atoms with E-state index in [1.807, 2.05) is 18.0 Å². The second-order valence-corrected chi connectivity index (χ2v) is 4.84. The van der Waals surface area contributed by atoms with Crippen molar-refractivity contribution in [1.82, 2.24) is 4.98 Å². The van der Waals surface area contributed by atoms with E-state index < -0.39 is 5.60 Å². The number of aliphatic hydroxyl groups excluding tert-OH is 1. The predicted molar refractivity (Wildman–Crippen MR) is 68.4 cm³/mol. The minimum atomic E-state index is -0.725. The number of ether oxygens (including phenoxy) is 1. The highest BCUT2D eigenvalue weighted by Gasteiger charge is 2.31. The summed E-state index contributed by atoms with van der Waals surface area (Å²) in [7, 11) is 1.88. The molecule has 1 saturated heterocycles. The van der Waals surface area contributed by atoms with Gasteiger partial charge in [-0.25, -0.2) is 4.98 Å². The van der Waals surface area contributed by atoms with Crippen molar-refractivity contribution in [1.29, 1.82) is 0 Å². The van der Waals surface area contributed by atoms with Crippen molar-refractivity contribution in [2.45, 2.75) is 25.0 Å². The topological polar surface area (TPSA) is 65.8 Å². The molecule has 0 aromatic carbocycles. The van der Waals surface area contributed by atoms with Crippen molar-refractivity contribution < 1.29 is 14.9 Å². The summed E-state index contributed by atoms with van der Waals surface area (Å²) < 4.78 is 5.26. The van der Waals surface area contributed by atoms with E-state index >= 15 is 0 Å². The second kappa shape index (κ2) is 5.65. The number of aromatic nitrogens is 1. The SMILES string of the molecule is CN(CC1(O)CCOCC1)c1ncccc1CO. The number of nitrogens with zero attached hydrogens (tertiary/aromatic N) is 2. The molecule has 0 unspecified atom stereocenters. The molecule has 1 aromatic rings. The zero-order valence-electron chi connectivity index (χ0n) is 10.7. The Balaban J connectivity index is 2.08. The van der Waals surface area contributed by atoms with Crippen LogP contribution in [0.2, 0.25) is 0 Å². The van der Waals surface area contributed by atoms with Crippen LogP contribution in [0, 0.1) is 0 Å². The largest absolute Gasteiger partial charge is 0.392 e. The van der Waals surface area contributed by atoms with E-state index in [-0.39, 0.29) is 6.61 Å². The van der Waals surface area contributed by atoms with E-state index in [1.165, 1.54) is 0 Å². The quantitative estimate of drug-likeness (QED) is 0.819. The summed E-state index contributed by atoms with van der Waals surface area (Å²) in [5.74, 6) is 0.722. The molecule has 0 amide bonds. The van der Waals surface area contributed by atoms with Gasteiger partial charge in [0, 0.05) is 51.4 Å². The number of aliphatic hydroxyl groups is 2. The second-order valence-electron chi connectivity index (χ2n) is 4.84. The minimum absolute atomic E-state index is 0.0466. The first kappa shape index (κ1) is 13.3. The first-order valence-corrected chi connectivity index (χ1v) is 6.21. The van der Waals surface area contributed by atoms with Gasteiger partial charge < -0.3 is 19.8 Å². The molecule has 1 aliphatic heterocycles. The van der Waals surface area contributed by atoms with Crippen molar-refractivity contribution in [2.24, 2.45) is 0 Å². The molecule has 5 nitrogen and oxygen atoms in total. The Morgan fingerprint density at radius 3 is 2.83 bits per heavy atom. The Bertz CT molecular complexity index is 392. The number of hydrogen-bond acceptors (Lipinski definition) is 5. The van der Waals surface area contributed by atoms with Crippen LogP contribution in [0.4, 0.5) is 5.82 Å². The molecule has 0 aliphatic carbocycles. The minimum Gasteiger partial charge on any atom is -0.392 e. The van der Waals surface area contributed by atoms with Crippen LogP contribution < -0.4 is 4.90 Å². The van der Waals surface area contributed by atoms with Crippen molar-refractivity contribution in [3.05, 3.63) is 23.9 Å². The van der Waals surface area contributed by atoms with E-state index in [4.69, 9.17) is 4.74 Å². The molecule has 18 heavy (non-hydrogen) atoms. The van der Waals surface area contributed by atoms with Gasteiger partial charge in [-0.05, 0) is 6.07 Å². The molecule has 1 fully saturated rings. The fraction of sp³-hybridized carbons (Fsp3) is 0.615. The van der Waals surface area contributed by atoms with Crippen LogP contribution in [-0.2, 0) is 11.3 Å². The Labute approximate surface area is 107 Å². The number of likely N-dealkylation sites (N-methyl/N-ethyl adjacent to an activating group) is 1. The molecule has 2 heterocycles. The van der Waals surface area contributed by atoms with Gasteiger partial charge in [-0.3, -0.25) is 0 Å². The lowest BCUT2D eigenvalue weighted by molar-refractivity contribution is -0.0573. The van der Waals surface area contributed by atoms with Gasteiger partial charge in [0.1, 0.15) is 5.82 Å². The first-order valence-electron chi connectivity index (χ1n) is 6.21. The highest BCUT2D eigenvalue weighted by Crippen LogP contribution is 2.24. The third kappa shape index (κ3) is 2.98. The highest BCUT2D eigenvalue weighted by molar-refractivity contribution is 5.45. The van der Waals surface area contributed by atoms with Crippen LogP contribution in [0.5, 0.6) is 0 Å². The molecule has 0 radical (unpaired) electrons. The molecular weight excluding hydrogens is 232 g/mol. The van der Waals surface area contributed by atoms with Crippen LogP contribution in [0.1, 0.15) is 18.4 Å². The zero-order valence-corrected chi connectivity index (χ0v) is 10.7. The van der Waals surface area contributed by atoms with Crippen LogP contribution in [-0.4, -0.2) is 47.6 Å². The third-order valence-electron chi connectivity index (χ3n) is 3.35. The average Bonchev–Trinajstić information content (AvgIpc) is 2.39. The Hall–Kier alpha value is -1.17. The molecular formula is C13H20N2O3. The van der Waals surface area contributed by atoms with Crippen molar-refractivity contribution in [3.8, 4) is 0 Å². The summed E-state index contributed by atoms with van der Waals surface area (Å²) in [6.45, 7) is 1.65. The molecule has 100 valence electrons. The number of hydrogen-bond donors (Lipinski definition) is 2. The Morgan fingerprint density at radius 1 is 1.44 bits per heavy atom. The van der Waals surface area contributed by atoms with Crippen molar-refractivity contribution >= 4 is 5.82 Å². The summed E-state index contributed by atoms with van der Waals surface area (Å²) in [5.41, 5.74) is 0.0488. The van der Waals surface area contributed by atoms with Gasteiger partial charge in [-0.15, -0.1) is 0 Å². The molecule has 0 saturated carbocycles. The van der Waals surface area contributed by atoms with E-state index in [1.54, 1.807) is 12.3 Å². The van der Waals surface area contributed by atoms with Crippen LogP contribution in [0.3, 0.4) is 0 Å². The molecule has 2 N–H and O–H groups in total. The molecule has 1 aromatic heterocycles. The fourth-order valence-electron chi connectivity index (χ4n) is 2.32. The molecule has 0 bridgehead atoms. The van der Waals surface area contributed by atoms with Gasteiger partial charge in [-0.2, -0.15) is 0 Å². The third-order valence-corrected chi connectivity index (χ3v) is 3.35.